The lowest BCUT2D eigenvalue weighted by Crippen LogP contribution is -2.48. The molecule has 0 radical (unpaired) electrons. The Morgan fingerprint density at radius 1 is 1.07 bits per heavy atom. The van der Waals surface area contributed by atoms with Gasteiger partial charge in [-0.05, 0) is 49.6 Å². The Morgan fingerprint density at radius 2 is 1.75 bits per heavy atom. The maximum atomic E-state index is 13.0. The van der Waals surface area contributed by atoms with Gasteiger partial charge in [-0.2, -0.15) is 0 Å². The monoisotopic (exact) mass is 606 g/mol. The predicted octanol–water partition coefficient (Wildman–Crippen LogP) is 5.34. The number of amides is 2. The molecule has 0 aromatic heterocycles. The van der Waals surface area contributed by atoms with E-state index in [9.17, 15) is 18.0 Å². The molecule has 2 aromatic rings. The van der Waals surface area contributed by atoms with Crippen molar-refractivity contribution in [3.05, 3.63) is 54.1 Å². The lowest BCUT2D eigenvalue weighted by Gasteiger charge is -2.32. The Labute approximate surface area is 247 Å². The van der Waals surface area contributed by atoms with Crippen LogP contribution in [0, 0.1) is 5.41 Å². The molecule has 0 aliphatic heterocycles. The molecule has 0 saturated heterocycles. The SMILES string of the molecule is CCCCC(=S)N(Cc1ccc(-c2ccccc2S(=O)(=O)NC(=O)NCCC)cc1)C(C(=N)SC)C(=O)OCC. The largest absolute Gasteiger partial charge is 0.464 e. The Hall–Kier alpha value is -2.96. The first-order valence-electron chi connectivity index (χ1n) is 13.2. The number of rotatable bonds is 14. The number of nitrogens with zero attached hydrogens (tertiary/aromatic N) is 1. The molecule has 0 spiro atoms. The summed E-state index contributed by atoms with van der Waals surface area (Å²) in [7, 11) is -4.12. The molecule has 0 heterocycles. The Morgan fingerprint density at radius 3 is 2.35 bits per heavy atom. The minimum Gasteiger partial charge on any atom is -0.464 e. The molecule has 3 N–H and O–H groups in total. The fourth-order valence-electron chi connectivity index (χ4n) is 3.88. The number of unbranched alkanes of at least 4 members (excludes halogenated alkanes) is 1. The van der Waals surface area contributed by atoms with Crippen LogP contribution in [0.4, 0.5) is 4.79 Å². The molecule has 0 fully saturated rings. The van der Waals surface area contributed by atoms with Gasteiger partial charge in [-0.25, -0.2) is 22.7 Å². The van der Waals surface area contributed by atoms with Gasteiger partial charge >= 0.3 is 12.0 Å². The third-order valence-corrected chi connectivity index (χ3v) is 8.40. The second-order valence-corrected chi connectivity index (χ2v) is 11.9. The summed E-state index contributed by atoms with van der Waals surface area (Å²) in [6, 6.07) is 12.0. The quantitative estimate of drug-likeness (QED) is 0.114. The summed E-state index contributed by atoms with van der Waals surface area (Å²) in [4.78, 5) is 27.2. The van der Waals surface area contributed by atoms with Gasteiger partial charge in [0.2, 0.25) is 0 Å². The number of urea groups is 1. The highest BCUT2D eigenvalue weighted by molar-refractivity contribution is 8.13. The first kappa shape index (κ1) is 33.2. The molecule has 0 bridgehead atoms. The predicted molar refractivity (Wildman–Crippen MR) is 165 cm³/mol. The lowest BCUT2D eigenvalue weighted by molar-refractivity contribution is -0.145. The highest BCUT2D eigenvalue weighted by Gasteiger charge is 2.33. The lowest BCUT2D eigenvalue weighted by atomic mass is 10.0. The third kappa shape index (κ3) is 9.31. The van der Waals surface area contributed by atoms with E-state index in [0.29, 0.717) is 35.5 Å². The van der Waals surface area contributed by atoms with Crippen LogP contribution in [0.2, 0.25) is 0 Å². The normalized spacial score (nSPS) is 11.8. The van der Waals surface area contributed by atoms with Crippen LogP contribution in [0.1, 0.15) is 52.0 Å². The van der Waals surface area contributed by atoms with E-state index in [1.165, 1.54) is 17.8 Å². The van der Waals surface area contributed by atoms with Crippen LogP contribution in [-0.2, 0) is 26.1 Å². The van der Waals surface area contributed by atoms with Crippen molar-refractivity contribution in [1.82, 2.24) is 14.9 Å². The van der Waals surface area contributed by atoms with E-state index in [2.05, 4.69) is 17.0 Å². The van der Waals surface area contributed by atoms with Gasteiger partial charge in [0.05, 0.1) is 21.5 Å². The Balaban J connectivity index is 2.40. The van der Waals surface area contributed by atoms with Crippen LogP contribution < -0.4 is 10.0 Å². The fourth-order valence-corrected chi connectivity index (χ4v) is 5.80. The van der Waals surface area contributed by atoms with Crippen molar-refractivity contribution in [3.63, 3.8) is 0 Å². The third-order valence-electron chi connectivity index (χ3n) is 5.91. The molecule has 1 atom stereocenters. The van der Waals surface area contributed by atoms with Crippen molar-refractivity contribution >= 4 is 56.0 Å². The number of ether oxygens (including phenoxy) is 1. The summed E-state index contributed by atoms with van der Waals surface area (Å²) < 4.78 is 33.4. The number of carbonyl (C=O) groups excluding carboxylic acids is 2. The van der Waals surface area contributed by atoms with Crippen molar-refractivity contribution in [3.8, 4) is 11.1 Å². The second kappa shape index (κ2) is 16.3. The van der Waals surface area contributed by atoms with Gasteiger partial charge in [-0.1, -0.05) is 75.0 Å². The second-order valence-electron chi connectivity index (χ2n) is 8.90. The van der Waals surface area contributed by atoms with Crippen molar-refractivity contribution in [1.29, 1.82) is 5.41 Å². The highest BCUT2D eigenvalue weighted by Crippen LogP contribution is 2.28. The number of thiocarbonyl (C=S) groups is 1. The summed E-state index contributed by atoms with van der Waals surface area (Å²) >= 11 is 6.88. The molecule has 2 aromatic carbocycles. The summed E-state index contributed by atoms with van der Waals surface area (Å²) in [5, 5.41) is 11.1. The number of thioether (sulfide) groups is 1. The molecule has 0 aliphatic carbocycles. The van der Waals surface area contributed by atoms with Gasteiger partial charge in [-0.3, -0.25) is 5.41 Å². The Bertz CT molecular complexity index is 1280. The van der Waals surface area contributed by atoms with Crippen LogP contribution in [0.5, 0.6) is 0 Å². The van der Waals surface area contributed by atoms with E-state index >= 15 is 0 Å². The smallest absolute Gasteiger partial charge is 0.335 e. The van der Waals surface area contributed by atoms with E-state index in [4.69, 9.17) is 22.4 Å². The van der Waals surface area contributed by atoms with Crippen molar-refractivity contribution in [2.45, 2.75) is 63.9 Å². The molecule has 0 aliphatic rings. The molecule has 218 valence electrons. The van der Waals surface area contributed by atoms with Crippen molar-refractivity contribution in [2.75, 3.05) is 19.4 Å². The van der Waals surface area contributed by atoms with E-state index < -0.39 is 28.1 Å². The van der Waals surface area contributed by atoms with Crippen LogP contribution >= 0.6 is 24.0 Å². The molecule has 2 amide bonds. The Kier molecular flexibility index (Phi) is 13.6. The molecule has 12 heteroatoms. The van der Waals surface area contributed by atoms with Crippen LogP contribution in [-0.4, -0.2) is 60.8 Å². The zero-order valence-electron chi connectivity index (χ0n) is 23.4. The van der Waals surface area contributed by atoms with Gasteiger partial charge in [0.15, 0.2) is 6.04 Å². The maximum Gasteiger partial charge on any atom is 0.335 e. The number of nitrogens with one attached hydrogen (secondary N) is 3. The van der Waals surface area contributed by atoms with Crippen LogP contribution in [0.3, 0.4) is 0 Å². The first-order chi connectivity index (χ1) is 19.1. The van der Waals surface area contributed by atoms with Gasteiger partial charge in [0.25, 0.3) is 10.0 Å². The summed E-state index contributed by atoms with van der Waals surface area (Å²) in [5.74, 6) is -0.521. The molecular formula is C28H38N4O5S3. The molecule has 1 unspecified atom stereocenters. The van der Waals surface area contributed by atoms with Crippen molar-refractivity contribution in [2.24, 2.45) is 0 Å². The zero-order chi connectivity index (χ0) is 29.7. The van der Waals surface area contributed by atoms with Gasteiger partial charge in [0.1, 0.15) is 0 Å². The van der Waals surface area contributed by atoms with E-state index in [1.807, 2.05) is 19.1 Å². The molecule has 0 saturated carbocycles. The molecule has 40 heavy (non-hydrogen) atoms. The fraction of sp³-hybridized carbons (Fsp3) is 0.429. The van der Waals surface area contributed by atoms with Gasteiger partial charge in [-0.15, -0.1) is 11.8 Å². The average Bonchev–Trinajstić information content (AvgIpc) is 2.94. The van der Waals surface area contributed by atoms with E-state index in [1.54, 1.807) is 48.4 Å². The van der Waals surface area contributed by atoms with Gasteiger partial charge in [0, 0.05) is 18.7 Å². The zero-order valence-corrected chi connectivity index (χ0v) is 25.8. The summed E-state index contributed by atoms with van der Waals surface area (Å²) in [6.07, 6.45) is 4.81. The number of sulfonamides is 1. The number of carbonyl (C=O) groups is 2. The van der Waals surface area contributed by atoms with E-state index in [0.717, 1.165) is 18.4 Å². The molecule has 9 nitrogen and oxygen atoms in total. The van der Waals surface area contributed by atoms with Crippen LogP contribution in [0.25, 0.3) is 11.1 Å². The van der Waals surface area contributed by atoms with Crippen LogP contribution in [0.15, 0.2) is 53.4 Å². The number of benzene rings is 2. The first-order valence-corrected chi connectivity index (χ1v) is 16.3. The average molecular weight is 607 g/mol. The topological polar surface area (TPSA) is 129 Å². The number of esters is 1. The van der Waals surface area contributed by atoms with E-state index in [-0.39, 0.29) is 23.1 Å². The molecular weight excluding hydrogens is 569 g/mol. The number of hydrogen-bond donors (Lipinski definition) is 3. The summed E-state index contributed by atoms with van der Waals surface area (Å²) in [5.41, 5.74) is 1.90. The highest BCUT2D eigenvalue weighted by atomic mass is 32.2. The maximum absolute atomic E-state index is 13.0. The number of hydrogen-bond acceptors (Lipinski definition) is 8. The minimum absolute atomic E-state index is 0.0208. The standard InChI is InChI=1S/C28H38N4O5S3/c1-5-8-13-24(38)32(25(26(29)39-4)27(33)37-7-3)19-20-14-16-21(17-15-20)22-11-9-10-12-23(22)40(35,36)31-28(34)30-18-6-2/h9-12,14-17,25,29H,5-8,13,18-19H2,1-4H3,(H2,30,31,34). The minimum atomic E-state index is -4.12. The molecule has 2 rings (SSSR count). The van der Waals surface area contributed by atoms with Gasteiger partial charge < -0.3 is 15.0 Å². The summed E-state index contributed by atoms with van der Waals surface area (Å²) in [6.45, 7) is 6.48. The van der Waals surface area contributed by atoms with Crippen molar-refractivity contribution < 1.29 is 22.7 Å².